The van der Waals surface area contributed by atoms with Gasteiger partial charge in [-0.05, 0) is 60.5 Å². The molecule has 10 unspecified atom stereocenters. The number of rotatable bonds is 2. The van der Waals surface area contributed by atoms with Crippen LogP contribution in [0.25, 0.3) is 0 Å². The third kappa shape index (κ3) is 19.9. The molecule has 0 aromatic carbocycles. The van der Waals surface area contributed by atoms with E-state index in [1.165, 1.54) is 45.3 Å². The third-order valence-electron chi connectivity index (χ3n) is 9.87. The highest BCUT2D eigenvalue weighted by molar-refractivity contribution is 9.09. The molecular formula is C40H62N6O12S5. The molecule has 0 aromatic rings. The minimum Gasteiger partial charge on any atom is -0.457 e. The summed E-state index contributed by atoms with van der Waals surface area (Å²) in [5.74, 6) is -2.34. The predicted octanol–water partition coefficient (Wildman–Crippen LogP) is 1.70. The molecule has 8 N–H and O–H groups in total. The lowest BCUT2D eigenvalue weighted by molar-refractivity contribution is -0.152. The van der Waals surface area contributed by atoms with Crippen LogP contribution < -0.4 is 31.9 Å². The van der Waals surface area contributed by atoms with Crippen LogP contribution in [0.3, 0.4) is 0 Å². The summed E-state index contributed by atoms with van der Waals surface area (Å²) in [7, 11) is 7.60. The molecule has 23 heteroatoms. The molecule has 6 amide bonds. The van der Waals surface area contributed by atoms with Gasteiger partial charge in [0, 0.05) is 23.0 Å². The Bertz CT molecular complexity index is 1660. The number of amides is 6. The number of aliphatic hydroxyl groups is 2. The third-order valence-corrected chi connectivity index (χ3v) is 16.6. The molecular weight excluding hydrogens is 917 g/mol. The predicted molar refractivity (Wildman–Crippen MR) is 248 cm³/mol. The maximum absolute atomic E-state index is 13.0. The fourth-order valence-corrected chi connectivity index (χ4v) is 12.3. The van der Waals surface area contributed by atoms with Crippen LogP contribution in [0.2, 0.25) is 0 Å². The maximum Gasteiger partial charge on any atom is 0.309 e. The second-order valence-corrected chi connectivity index (χ2v) is 23.0. The molecule has 4 rings (SSSR count). The smallest absolute Gasteiger partial charge is 0.309 e. The minimum atomic E-state index is -1.18. The summed E-state index contributed by atoms with van der Waals surface area (Å²) in [6.45, 7) is 10.3. The van der Waals surface area contributed by atoms with Gasteiger partial charge in [-0.15, -0.1) is 0 Å². The molecule has 2 fully saturated rings. The average Bonchev–Trinajstić information content (AvgIpc) is 3.19. The average molecular weight is 979 g/mol. The molecule has 2 saturated heterocycles. The first-order valence-electron chi connectivity index (χ1n) is 20.9. The molecule has 0 aliphatic carbocycles. The molecule has 0 radical (unpaired) electrons. The van der Waals surface area contributed by atoms with Crippen molar-refractivity contribution in [3.8, 4) is 0 Å². The van der Waals surface area contributed by atoms with Gasteiger partial charge in [0.15, 0.2) is 0 Å². The minimum absolute atomic E-state index is 0.147. The molecule has 4 aliphatic rings. The molecule has 63 heavy (non-hydrogen) atoms. The zero-order valence-corrected chi connectivity index (χ0v) is 40.4. The Balaban J connectivity index is 0.000000335. The molecule has 0 aromatic heterocycles. The number of aliphatic hydroxyl groups excluding tert-OH is 2. The van der Waals surface area contributed by atoms with Gasteiger partial charge >= 0.3 is 11.9 Å². The zero-order valence-electron chi connectivity index (χ0n) is 36.3. The van der Waals surface area contributed by atoms with Gasteiger partial charge < -0.3 is 51.6 Å². The van der Waals surface area contributed by atoms with E-state index in [2.05, 4.69) is 31.9 Å². The van der Waals surface area contributed by atoms with Gasteiger partial charge in [-0.2, -0.15) is 0 Å². The largest absolute Gasteiger partial charge is 0.457 e. The van der Waals surface area contributed by atoms with Crippen LogP contribution in [-0.4, -0.2) is 141 Å². The van der Waals surface area contributed by atoms with E-state index in [1.54, 1.807) is 33.7 Å². The SMILES string of the molecule is CC1NC(=O)CC2/C=C/CCSSCC(NC1=O)C(=O)NC(C(C)C)C(O)CC(=O)O2.CC1NC(=O)CC2/C=C/CCSSSCC(NC1=O)C(=O)NC(C(C)C)C(O)CC(=O)O2. The van der Waals surface area contributed by atoms with E-state index in [-0.39, 0.29) is 37.5 Å². The van der Waals surface area contributed by atoms with E-state index < -0.39 is 108 Å². The Morgan fingerprint density at radius 3 is 1.38 bits per heavy atom. The van der Waals surface area contributed by atoms with Crippen LogP contribution in [0.15, 0.2) is 24.3 Å². The van der Waals surface area contributed by atoms with Crippen molar-refractivity contribution in [3.05, 3.63) is 24.3 Å². The van der Waals surface area contributed by atoms with E-state index in [1.807, 2.05) is 39.8 Å². The van der Waals surface area contributed by atoms with Crippen molar-refractivity contribution >= 4 is 100 Å². The fraction of sp³-hybridized carbons (Fsp3) is 0.700. The Morgan fingerprint density at radius 2 is 0.952 bits per heavy atom. The second-order valence-electron chi connectivity index (χ2n) is 16.0. The number of esters is 2. The molecule has 4 heterocycles. The van der Waals surface area contributed by atoms with E-state index in [0.29, 0.717) is 24.3 Å². The van der Waals surface area contributed by atoms with Gasteiger partial charge in [-0.3, -0.25) is 38.4 Å². The highest BCUT2D eigenvalue weighted by Gasteiger charge is 2.35. The van der Waals surface area contributed by atoms with Crippen LogP contribution in [-0.2, 0) is 47.8 Å². The summed E-state index contributed by atoms with van der Waals surface area (Å²) in [5, 5.41) is 37.4. The number of fused-ring (bicyclic) bond motifs is 14. The lowest BCUT2D eigenvalue weighted by atomic mass is 9.96. The second kappa shape index (κ2) is 28.1. The Kier molecular flexibility index (Phi) is 24.2. The van der Waals surface area contributed by atoms with Crippen molar-refractivity contribution in [3.63, 3.8) is 0 Å². The molecule has 354 valence electrons. The zero-order chi connectivity index (χ0) is 46.6. The number of nitrogens with one attached hydrogen (secondary N) is 6. The van der Waals surface area contributed by atoms with E-state index >= 15 is 0 Å². The quantitative estimate of drug-likeness (QED) is 0.111. The topological polar surface area (TPSA) is 268 Å². The van der Waals surface area contributed by atoms with E-state index in [0.717, 1.165) is 11.5 Å². The summed E-state index contributed by atoms with van der Waals surface area (Å²) in [6.07, 6.45) is 3.46. The summed E-state index contributed by atoms with van der Waals surface area (Å²) < 4.78 is 10.9. The number of carbonyl (C=O) groups is 8. The molecule has 0 spiro atoms. The number of ether oxygens (including phenoxy) is 2. The summed E-state index contributed by atoms with van der Waals surface area (Å²) in [5.41, 5.74) is 0. The molecule has 4 aliphatic heterocycles. The number of carbonyl (C=O) groups excluding carboxylic acids is 8. The molecule has 10 atom stereocenters. The van der Waals surface area contributed by atoms with Gasteiger partial charge in [0.05, 0.1) is 50.0 Å². The highest BCUT2D eigenvalue weighted by Crippen LogP contribution is 2.35. The van der Waals surface area contributed by atoms with Crippen LogP contribution in [0.4, 0.5) is 0 Å². The van der Waals surface area contributed by atoms with Gasteiger partial charge in [-0.25, -0.2) is 0 Å². The van der Waals surface area contributed by atoms with Crippen LogP contribution in [0, 0.1) is 11.8 Å². The first-order chi connectivity index (χ1) is 29.8. The van der Waals surface area contributed by atoms with Crippen molar-refractivity contribution in [2.45, 2.75) is 141 Å². The highest BCUT2D eigenvalue weighted by atomic mass is 33.5. The summed E-state index contributed by atoms with van der Waals surface area (Å²) >= 11 is 0. The number of hydrogen-bond acceptors (Lipinski definition) is 17. The Labute approximate surface area is 388 Å². The van der Waals surface area contributed by atoms with Gasteiger partial charge in [0.25, 0.3) is 0 Å². The van der Waals surface area contributed by atoms with Gasteiger partial charge in [0.1, 0.15) is 36.4 Å². The van der Waals surface area contributed by atoms with E-state index in [9.17, 15) is 48.6 Å². The van der Waals surface area contributed by atoms with Crippen molar-refractivity contribution in [1.82, 2.24) is 31.9 Å². The Morgan fingerprint density at radius 1 is 0.540 bits per heavy atom. The lowest BCUT2D eigenvalue weighted by Gasteiger charge is -2.29. The lowest BCUT2D eigenvalue weighted by Crippen LogP contribution is -2.57. The molecule has 0 saturated carbocycles. The summed E-state index contributed by atoms with van der Waals surface area (Å²) in [4.78, 5) is 101. The monoisotopic (exact) mass is 978 g/mol. The Hall–Kier alpha value is -3.09. The first-order valence-corrected chi connectivity index (χ1v) is 27.2. The van der Waals surface area contributed by atoms with Crippen molar-refractivity contribution < 1.29 is 58.0 Å². The standard InChI is InChI=1S/C20H31N3O6S3.C20H31N3O6S2/c1-11(2)18-15(24)9-17(26)29-13-6-4-5-7-30-32-31-10-14(20(28)23-18)22-19(27)12(3)21-16(25)8-13;1-11(2)18-15(24)9-17(26)29-13-6-4-5-7-30-31-10-14(20(28)23-18)22-19(27)12(3)21-16(25)8-13/h4,6,11-15,18,24H,5,7-10H2,1-3H3,(H,21,25)(H,22,27)(H,23,28);4,6,11-15,18,24H,5,7-10H2,1-3H3,(H,21,25)(H,22,27)(H,23,28)/b2*6-4+. The van der Waals surface area contributed by atoms with Crippen molar-refractivity contribution in [1.29, 1.82) is 0 Å². The van der Waals surface area contributed by atoms with Crippen molar-refractivity contribution in [2.24, 2.45) is 11.8 Å². The molecule has 4 bridgehead atoms. The number of allylic oxidation sites excluding steroid dienone is 2. The maximum atomic E-state index is 13.0. The van der Waals surface area contributed by atoms with E-state index in [4.69, 9.17) is 9.47 Å². The van der Waals surface area contributed by atoms with Gasteiger partial charge in [0.2, 0.25) is 35.4 Å². The number of hydrogen-bond donors (Lipinski definition) is 8. The first kappa shape index (κ1) is 54.2. The molecule has 18 nitrogen and oxygen atoms in total. The van der Waals surface area contributed by atoms with Gasteiger partial charge in [-0.1, -0.05) is 83.0 Å². The van der Waals surface area contributed by atoms with Crippen LogP contribution >= 0.6 is 53.0 Å². The van der Waals surface area contributed by atoms with Crippen LogP contribution in [0.1, 0.15) is 80.1 Å². The fourth-order valence-electron chi connectivity index (χ4n) is 6.40. The summed E-state index contributed by atoms with van der Waals surface area (Å²) in [6, 6.07) is -4.90. The van der Waals surface area contributed by atoms with Crippen LogP contribution in [0.5, 0.6) is 0 Å². The van der Waals surface area contributed by atoms with Crippen molar-refractivity contribution in [2.75, 3.05) is 23.0 Å². The normalized spacial score (nSPS) is 33.0.